The van der Waals surface area contributed by atoms with Crippen molar-refractivity contribution in [2.24, 2.45) is 0 Å². The summed E-state index contributed by atoms with van der Waals surface area (Å²) in [5, 5.41) is 3.20. The van der Waals surface area contributed by atoms with E-state index >= 15 is 0 Å². The van der Waals surface area contributed by atoms with Crippen LogP contribution in [0, 0.1) is 13.8 Å². The van der Waals surface area contributed by atoms with Crippen LogP contribution in [0.1, 0.15) is 53.4 Å². The first kappa shape index (κ1) is 15.6. The van der Waals surface area contributed by atoms with Gasteiger partial charge in [-0.1, -0.05) is 35.9 Å². The van der Waals surface area contributed by atoms with Crippen LogP contribution >= 0.6 is 0 Å². The molecule has 1 heterocycles. The van der Waals surface area contributed by atoms with E-state index in [0.29, 0.717) is 0 Å². The summed E-state index contributed by atoms with van der Waals surface area (Å²) in [6.07, 6.45) is 0.751. The molecule has 23 heavy (non-hydrogen) atoms. The van der Waals surface area contributed by atoms with E-state index in [4.69, 9.17) is 4.74 Å². The van der Waals surface area contributed by atoms with Crippen molar-refractivity contribution in [1.29, 1.82) is 0 Å². The van der Waals surface area contributed by atoms with Crippen molar-refractivity contribution in [3.63, 3.8) is 0 Å². The Kier molecular flexibility index (Phi) is 3.88. The molecule has 3 rings (SSSR count). The summed E-state index contributed by atoms with van der Waals surface area (Å²) in [4.78, 5) is 12.8. The maximum absolute atomic E-state index is 12.8. The number of fused-ring (bicyclic) bond motifs is 1. The summed E-state index contributed by atoms with van der Waals surface area (Å²) >= 11 is 0. The van der Waals surface area contributed by atoms with Gasteiger partial charge in [0.15, 0.2) is 0 Å². The number of rotatable bonds is 2. The number of carbonyl (C=O) groups excluding carboxylic acids is 1. The van der Waals surface area contributed by atoms with Crippen molar-refractivity contribution >= 4 is 5.91 Å². The highest BCUT2D eigenvalue weighted by Crippen LogP contribution is 2.39. The zero-order chi connectivity index (χ0) is 16.6. The molecule has 1 aliphatic rings. The molecule has 2 aromatic carbocycles. The van der Waals surface area contributed by atoms with Gasteiger partial charge in [-0.2, -0.15) is 0 Å². The Morgan fingerprint density at radius 1 is 1.17 bits per heavy atom. The lowest BCUT2D eigenvalue weighted by atomic mass is 9.89. The number of aryl methyl sites for hydroxylation is 2. The van der Waals surface area contributed by atoms with E-state index in [0.717, 1.165) is 34.4 Å². The van der Waals surface area contributed by atoms with Gasteiger partial charge in [0, 0.05) is 17.5 Å². The molecule has 0 saturated carbocycles. The Balaban J connectivity index is 1.90. The standard InChI is InChI=1S/C20H23NO2/c1-13-9-10-14(2)16(11-13)19(22)21-17-12-20(3,4)23-18-8-6-5-7-15(17)18/h5-11,17H,12H2,1-4H3,(H,21,22)/t17-/m1/s1. The number of carbonyl (C=O) groups is 1. The largest absolute Gasteiger partial charge is 0.487 e. The Morgan fingerprint density at radius 2 is 1.91 bits per heavy atom. The lowest BCUT2D eigenvalue weighted by Gasteiger charge is -2.38. The zero-order valence-electron chi connectivity index (χ0n) is 14.1. The Hall–Kier alpha value is -2.29. The zero-order valence-corrected chi connectivity index (χ0v) is 14.1. The fourth-order valence-corrected chi connectivity index (χ4v) is 3.15. The van der Waals surface area contributed by atoms with Gasteiger partial charge in [0.25, 0.3) is 5.91 Å². The second-order valence-corrected chi connectivity index (χ2v) is 6.95. The first-order valence-electron chi connectivity index (χ1n) is 8.02. The van der Waals surface area contributed by atoms with E-state index in [2.05, 4.69) is 19.2 Å². The highest BCUT2D eigenvalue weighted by Gasteiger charge is 2.34. The molecule has 0 spiro atoms. The lowest BCUT2D eigenvalue weighted by molar-refractivity contribution is 0.0619. The smallest absolute Gasteiger partial charge is 0.252 e. The molecule has 0 aromatic heterocycles. The molecule has 0 saturated heterocycles. The second-order valence-electron chi connectivity index (χ2n) is 6.95. The molecule has 0 aliphatic carbocycles. The topological polar surface area (TPSA) is 38.3 Å². The first-order valence-corrected chi connectivity index (χ1v) is 8.02. The molecule has 3 nitrogen and oxygen atoms in total. The van der Waals surface area contributed by atoms with Gasteiger partial charge in [-0.05, 0) is 45.4 Å². The summed E-state index contributed by atoms with van der Waals surface area (Å²) < 4.78 is 6.03. The molecule has 1 atom stereocenters. The van der Waals surface area contributed by atoms with Gasteiger partial charge in [0.05, 0.1) is 6.04 Å². The predicted molar refractivity (Wildman–Crippen MR) is 91.9 cm³/mol. The number of hydrogen-bond donors (Lipinski definition) is 1. The summed E-state index contributed by atoms with van der Waals surface area (Å²) in [6.45, 7) is 8.08. The van der Waals surface area contributed by atoms with Gasteiger partial charge in [0.1, 0.15) is 11.4 Å². The number of benzene rings is 2. The van der Waals surface area contributed by atoms with E-state index in [9.17, 15) is 4.79 Å². The van der Waals surface area contributed by atoms with Crippen molar-refractivity contribution in [1.82, 2.24) is 5.32 Å². The third-order valence-corrected chi connectivity index (χ3v) is 4.32. The third-order valence-electron chi connectivity index (χ3n) is 4.32. The maximum Gasteiger partial charge on any atom is 0.252 e. The quantitative estimate of drug-likeness (QED) is 0.896. The highest BCUT2D eigenvalue weighted by atomic mass is 16.5. The molecular formula is C20H23NO2. The van der Waals surface area contributed by atoms with Gasteiger partial charge >= 0.3 is 0 Å². The minimum absolute atomic E-state index is 0.0243. The van der Waals surface area contributed by atoms with Crippen LogP contribution in [0.4, 0.5) is 0 Å². The van der Waals surface area contributed by atoms with E-state index < -0.39 is 0 Å². The number of amides is 1. The minimum atomic E-state index is -0.298. The SMILES string of the molecule is Cc1ccc(C)c(C(=O)N[C@@H]2CC(C)(C)Oc3ccccc32)c1. The van der Waals surface area contributed by atoms with Crippen LogP contribution in [0.5, 0.6) is 5.75 Å². The molecule has 120 valence electrons. The number of hydrogen-bond acceptors (Lipinski definition) is 2. The molecule has 1 aliphatic heterocycles. The second kappa shape index (κ2) is 5.73. The Morgan fingerprint density at radius 3 is 2.70 bits per heavy atom. The van der Waals surface area contributed by atoms with E-state index in [1.165, 1.54) is 0 Å². The average Bonchev–Trinajstić information content (AvgIpc) is 2.48. The molecular weight excluding hydrogens is 286 g/mol. The van der Waals surface area contributed by atoms with E-state index in [1.54, 1.807) is 0 Å². The summed E-state index contributed by atoms with van der Waals surface area (Å²) in [5.74, 6) is 0.832. The predicted octanol–water partition coefficient (Wildman–Crippen LogP) is 4.34. The molecule has 2 aromatic rings. The summed E-state index contributed by atoms with van der Waals surface area (Å²) in [5.41, 5.74) is 3.58. The number of ether oxygens (including phenoxy) is 1. The Bertz CT molecular complexity index is 749. The first-order chi connectivity index (χ1) is 10.9. The molecule has 0 fully saturated rings. The van der Waals surface area contributed by atoms with Crippen molar-refractivity contribution in [3.05, 3.63) is 64.7 Å². The molecule has 0 radical (unpaired) electrons. The van der Waals surface area contributed by atoms with Crippen LogP contribution in [0.25, 0.3) is 0 Å². The van der Waals surface area contributed by atoms with Gasteiger partial charge in [-0.3, -0.25) is 4.79 Å². The highest BCUT2D eigenvalue weighted by molar-refractivity contribution is 5.96. The fraction of sp³-hybridized carbons (Fsp3) is 0.350. The molecule has 0 unspecified atom stereocenters. The molecule has 3 heteroatoms. The van der Waals surface area contributed by atoms with E-state index in [1.807, 2.05) is 56.3 Å². The minimum Gasteiger partial charge on any atom is -0.487 e. The van der Waals surface area contributed by atoms with Crippen molar-refractivity contribution in [2.45, 2.75) is 45.8 Å². The monoisotopic (exact) mass is 309 g/mol. The molecule has 1 N–H and O–H groups in total. The summed E-state index contributed by atoms with van der Waals surface area (Å²) in [7, 11) is 0. The normalized spacial score (nSPS) is 18.7. The fourth-order valence-electron chi connectivity index (χ4n) is 3.15. The van der Waals surface area contributed by atoms with Crippen LogP contribution in [-0.2, 0) is 0 Å². The van der Waals surface area contributed by atoms with E-state index in [-0.39, 0.29) is 17.6 Å². The van der Waals surface area contributed by atoms with Gasteiger partial charge < -0.3 is 10.1 Å². The van der Waals surface area contributed by atoms with Crippen molar-refractivity contribution < 1.29 is 9.53 Å². The average molecular weight is 309 g/mol. The molecule has 0 bridgehead atoms. The number of nitrogens with one attached hydrogen (secondary N) is 1. The van der Waals surface area contributed by atoms with Crippen LogP contribution in [0.2, 0.25) is 0 Å². The lowest BCUT2D eigenvalue weighted by Crippen LogP contribution is -2.41. The third kappa shape index (κ3) is 3.24. The van der Waals surface area contributed by atoms with Crippen LogP contribution in [0.15, 0.2) is 42.5 Å². The van der Waals surface area contributed by atoms with Gasteiger partial charge in [0.2, 0.25) is 0 Å². The van der Waals surface area contributed by atoms with Crippen LogP contribution < -0.4 is 10.1 Å². The van der Waals surface area contributed by atoms with Crippen LogP contribution in [-0.4, -0.2) is 11.5 Å². The summed E-state index contributed by atoms with van der Waals surface area (Å²) in [6, 6.07) is 13.9. The number of para-hydroxylation sites is 1. The van der Waals surface area contributed by atoms with Gasteiger partial charge in [-0.15, -0.1) is 0 Å². The van der Waals surface area contributed by atoms with Crippen molar-refractivity contribution in [2.75, 3.05) is 0 Å². The molecule has 1 amide bonds. The van der Waals surface area contributed by atoms with Crippen molar-refractivity contribution in [3.8, 4) is 5.75 Å². The maximum atomic E-state index is 12.8. The van der Waals surface area contributed by atoms with Crippen LogP contribution in [0.3, 0.4) is 0 Å². The van der Waals surface area contributed by atoms with Gasteiger partial charge in [-0.25, -0.2) is 0 Å². The Labute approximate surface area is 137 Å².